The lowest BCUT2D eigenvalue weighted by atomic mass is 10.2. The fourth-order valence-electron chi connectivity index (χ4n) is 2.18. The summed E-state index contributed by atoms with van der Waals surface area (Å²) in [4.78, 5) is 0.983. The molecule has 1 aliphatic heterocycles. The molecule has 1 aromatic rings. The zero-order chi connectivity index (χ0) is 15.3. The molecule has 21 heavy (non-hydrogen) atoms. The van der Waals surface area contributed by atoms with Gasteiger partial charge in [0.05, 0.1) is 29.5 Å². The zero-order valence-corrected chi connectivity index (χ0v) is 13.6. The first-order valence-electron chi connectivity index (χ1n) is 6.84. The number of benzene rings is 1. The van der Waals surface area contributed by atoms with Crippen molar-refractivity contribution in [3.8, 4) is 0 Å². The van der Waals surface area contributed by atoms with Gasteiger partial charge in [0.25, 0.3) is 0 Å². The van der Waals surface area contributed by atoms with Crippen LogP contribution in [0.25, 0.3) is 0 Å². The first kappa shape index (κ1) is 16.8. The van der Waals surface area contributed by atoms with E-state index in [1.54, 1.807) is 7.11 Å². The molecule has 0 spiro atoms. The lowest BCUT2D eigenvalue weighted by Crippen LogP contribution is -2.20. The third-order valence-electron chi connectivity index (χ3n) is 3.29. The van der Waals surface area contributed by atoms with Crippen LogP contribution < -0.4 is 5.32 Å². The predicted octanol–water partition coefficient (Wildman–Crippen LogP) is 0.673. The minimum atomic E-state index is -3.08. The first-order chi connectivity index (χ1) is 10.00. The molecule has 2 N–H and O–H groups in total. The fourth-order valence-corrected chi connectivity index (χ4v) is 5.70. The average Bonchev–Trinajstić information content (AvgIpc) is 2.69. The van der Waals surface area contributed by atoms with Crippen molar-refractivity contribution in [1.82, 2.24) is 5.32 Å². The topological polar surface area (TPSA) is 75.6 Å². The van der Waals surface area contributed by atoms with Crippen LogP contribution in [0.3, 0.4) is 0 Å². The Morgan fingerprint density at radius 1 is 1.33 bits per heavy atom. The number of ether oxygens (including phenoxy) is 1. The van der Waals surface area contributed by atoms with Crippen LogP contribution in [0, 0.1) is 0 Å². The van der Waals surface area contributed by atoms with Gasteiger partial charge in [-0.3, -0.25) is 0 Å². The van der Waals surface area contributed by atoms with E-state index in [1.165, 1.54) is 11.8 Å². The Balaban J connectivity index is 1.85. The second-order valence-corrected chi connectivity index (χ2v) is 8.58. The van der Waals surface area contributed by atoms with E-state index in [9.17, 15) is 13.5 Å². The van der Waals surface area contributed by atoms with E-state index in [4.69, 9.17) is 4.74 Å². The molecule has 2 unspecified atom stereocenters. The molecule has 1 aromatic carbocycles. The molecule has 1 aliphatic rings. The maximum Gasteiger partial charge on any atom is 0.154 e. The fraction of sp³-hybridized carbons (Fsp3) is 0.571. The molecule has 5 nitrogen and oxygen atoms in total. The average molecular weight is 331 g/mol. The van der Waals surface area contributed by atoms with Crippen molar-refractivity contribution in [3.63, 3.8) is 0 Å². The van der Waals surface area contributed by atoms with Crippen molar-refractivity contribution >= 4 is 21.6 Å². The van der Waals surface area contributed by atoms with Gasteiger partial charge < -0.3 is 15.2 Å². The summed E-state index contributed by atoms with van der Waals surface area (Å²) in [5.74, 6) is -0.0642. The lowest BCUT2D eigenvalue weighted by Gasteiger charge is -2.12. The summed E-state index contributed by atoms with van der Waals surface area (Å²) in [7, 11) is -1.41. The number of rotatable bonds is 7. The maximum absolute atomic E-state index is 11.5. The summed E-state index contributed by atoms with van der Waals surface area (Å²) in [6, 6.07) is 7.96. The maximum atomic E-state index is 11.5. The number of aliphatic hydroxyl groups is 1. The highest BCUT2D eigenvalue weighted by molar-refractivity contribution is 8.02. The highest BCUT2D eigenvalue weighted by atomic mass is 32.2. The van der Waals surface area contributed by atoms with Crippen molar-refractivity contribution in [2.24, 2.45) is 0 Å². The minimum Gasteiger partial charge on any atom is -0.391 e. The second-order valence-electron chi connectivity index (χ2n) is 5.11. The van der Waals surface area contributed by atoms with Gasteiger partial charge in [-0.1, -0.05) is 12.1 Å². The molecular formula is C14H21NO4S2. The standard InChI is InChI=1S/C14H21NO4S2/c1-19-7-6-15-8-11-2-4-12(5-3-11)20-14-10-21(17,18)9-13(14)16/h2-5,13-16H,6-10H2,1H3. The first-order valence-corrected chi connectivity index (χ1v) is 9.54. The number of thioether (sulfide) groups is 1. The molecule has 2 rings (SSSR count). The lowest BCUT2D eigenvalue weighted by molar-refractivity contribution is 0.199. The van der Waals surface area contributed by atoms with Crippen LogP contribution in [0.1, 0.15) is 5.56 Å². The smallest absolute Gasteiger partial charge is 0.154 e. The van der Waals surface area contributed by atoms with Crippen molar-refractivity contribution in [1.29, 1.82) is 0 Å². The monoisotopic (exact) mass is 331 g/mol. The quantitative estimate of drug-likeness (QED) is 0.716. The Bertz CT molecular complexity index is 545. The zero-order valence-electron chi connectivity index (χ0n) is 12.0. The van der Waals surface area contributed by atoms with Crippen molar-refractivity contribution < 1.29 is 18.3 Å². The van der Waals surface area contributed by atoms with Crippen LogP contribution in [0.4, 0.5) is 0 Å². The summed E-state index contributed by atoms with van der Waals surface area (Å²) in [6.45, 7) is 2.26. The number of nitrogens with one attached hydrogen (secondary N) is 1. The largest absolute Gasteiger partial charge is 0.391 e. The summed E-state index contributed by atoms with van der Waals surface area (Å²) in [5, 5.41) is 12.8. The highest BCUT2D eigenvalue weighted by Gasteiger charge is 2.36. The van der Waals surface area contributed by atoms with Crippen LogP contribution in [0.5, 0.6) is 0 Å². The van der Waals surface area contributed by atoms with Gasteiger partial charge in [0.1, 0.15) is 0 Å². The van der Waals surface area contributed by atoms with Gasteiger partial charge in [0.2, 0.25) is 0 Å². The summed E-state index contributed by atoms with van der Waals surface area (Å²) < 4.78 is 27.9. The van der Waals surface area contributed by atoms with Crippen molar-refractivity contribution in [2.75, 3.05) is 31.8 Å². The molecule has 7 heteroatoms. The van der Waals surface area contributed by atoms with Gasteiger partial charge in [-0.25, -0.2) is 8.42 Å². The molecule has 2 atom stereocenters. The van der Waals surface area contributed by atoms with Gasteiger partial charge in [-0.15, -0.1) is 11.8 Å². The van der Waals surface area contributed by atoms with Gasteiger partial charge in [0.15, 0.2) is 9.84 Å². The number of sulfone groups is 1. The van der Waals surface area contributed by atoms with Crippen LogP contribution >= 0.6 is 11.8 Å². The molecule has 0 bridgehead atoms. The SMILES string of the molecule is COCCNCc1ccc(SC2CS(=O)(=O)CC2O)cc1. The molecule has 0 amide bonds. The molecule has 118 valence electrons. The minimum absolute atomic E-state index is 0.0547. The Hall–Kier alpha value is -0.600. The van der Waals surface area contributed by atoms with E-state index in [0.717, 1.165) is 23.5 Å². The van der Waals surface area contributed by atoms with Crippen LogP contribution in [-0.2, 0) is 21.1 Å². The molecule has 0 radical (unpaired) electrons. The van der Waals surface area contributed by atoms with Crippen molar-refractivity contribution in [2.45, 2.75) is 22.8 Å². The second kappa shape index (κ2) is 7.60. The highest BCUT2D eigenvalue weighted by Crippen LogP contribution is 2.31. The number of hydrogen-bond donors (Lipinski definition) is 2. The van der Waals surface area contributed by atoms with Crippen LogP contribution in [0.15, 0.2) is 29.2 Å². The van der Waals surface area contributed by atoms with Gasteiger partial charge >= 0.3 is 0 Å². The van der Waals surface area contributed by atoms with E-state index in [2.05, 4.69) is 5.32 Å². The summed E-state index contributed by atoms with van der Waals surface area (Å²) in [5.41, 5.74) is 1.16. The van der Waals surface area contributed by atoms with Crippen molar-refractivity contribution in [3.05, 3.63) is 29.8 Å². The van der Waals surface area contributed by atoms with E-state index < -0.39 is 15.9 Å². The Morgan fingerprint density at radius 3 is 2.62 bits per heavy atom. The number of aliphatic hydroxyl groups excluding tert-OH is 1. The normalized spacial score (nSPS) is 24.3. The molecule has 1 heterocycles. The molecule has 1 saturated heterocycles. The van der Waals surface area contributed by atoms with E-state index >= 15 is 0 Å². The molecule has 0 aromatic heterocycles. The van der Waals surface area contributed by atoms with Gasteiger partial charge in [-0.2, -0.15) is 0 Å². The Morgan fingerprint density at radius 2 is 2.05 bits per heavy atom. The van der Waals surface area contributed by atoms with Crippen LogP contribution in [-0.4, -0.2) is 56.6 Å². The summed E-state index contributed by atoms with van der Waals surface area (Å²) in [6.07, 6.45) is -0.768. The summed E-state index contributed by atoms with van der Waals surface area (Å²) >= 11 is 1.43. The molecule has 0 saturated carbocycles. The number of hydrogen-bond acceptors (Lipinski definition) is 6. The van der Waals surface area contributed by atoms with E-state index in [0.29, 0.717) is 6.61 Å². The molecular weight excluding hydrogens is 310 g/mol. The van der Waals surface area contributed by atoms with Crippen LogP contribution in [0.2, 0.25) is 0 Å². The molecule has 0 aliphatic carbocycles. The van der Waals surface area contributed by atoms with Gasteiger partial charge in [0, 0.05) is 25.1 Å². The third kappa shape index (κ3) is 5.27. The number of methoxy groups -OCH3 is 1. The molecule has 1 fully saturated rings. The Labute approximate surface area is 130 Å². The third-order valence-corrected chi connectivity index (χ3v) is 6.55. The van der Waals surface area contributed by atoms with E-state index in [-0.39, 0.29) is 16.8 Å². The predicted molar refractivity (Wildman–Crippen MR) is 84.3 cm³/mol. The Kier molecular flexibility index (Phi) is 6.07. The van der Waals surface area contributed by atoms with E-state index in [1.807, 2.05) is 24.3 Å². The van der Waals surface area contributed by atoms with Gasteiger partial charge in [-0.05, 0) is 17.7 Å².